The number of rotatable bonds is 6. The van der Waals surface area contributed by atoms with E-state index in [9.17, 15) is 4.79 Å². The van der Waals surface area contributed by atoms with Gasteiger partial charge in [-0.2, -0.15) is 0 Å². The predicted molar refractivity (Wildman–Crippen MR) is 116 cm³/mol. The quantitative estimate of drug-likeness (QED) is 0.339. The Bertz CT molecular complexity index is 461. The summed E-state index contributed by atoms with van der Waals surface area (Å²) in [6, 6.07) is 0.270. The highest BCUT2D eigenvalue weighted by atomic mass is 127. The molecule has 0 spiro atoms. The molecule has 1 amide bonds. The van der Waals surface area contributed by atoms with Gasteiger partial charge in [0.15, 0.2) is 5.96 Å². The summed E-state index contributed by atoms with van der Waals surface area (Å²) in [5.74, 6) is 1.70. The number of likely N-dealkylation sites (tertiary alicyclic amines) is 1. The number of hydrogen-bond acceptors (Lipinski definition) is 4. The summed E-state index contributed by atoms with van der Waals surface area (Å²) in [5, 5.41) is 6.82. The Labute approximate surface area is 175 Å². The van der Waals surface area contributed by atoms with Gasteiger partial charge in [-0.25, -0.2) is 0 Å². The minimum atomic E-state index is 0. The van der Waals surface area contributed by atoms with Gasteiger partial charge in [-0.15, -0.1) is 24.0 Å². The van der Waals surface area contributed by atoms with Gasteiger partial charge in [-0.3, -0.25) is 14.7 Å². The molecule has 0 saturated carbocycles. The van der Waals surface area contributed by atoms with E-state index in [1.54, 1.807) is 7.05 Å². The largest absolute Gasteiger partial charge is 0.374 e. The molecule has 2 saturated heterocycles. The summed E-state index contributed by atoms with van der Waals surface area (Å²) in [7, 11) is 1.78. The second kappa shape index (κ2) is 12.0. The monoisotopic (exact) mass is 481 g/mol. The van der Waals surface area contributed by atoms with Crippen LogP contribution in [-0.4, -0.2) is 86.7 Å². The number of amides is 1. The lowest BCUT2D eigenvalue weighted by molar-refractivity contribution is -0.129. The minimum absolute atomic E-state index is 0. The van der Waals surface area contributed by atoms with Crippen LogP contribution in [0.15, 0.2) is 4.99 Å². The number of ether oxygens (including phenoxy) is 1. The average Bonchev–Trinajstić information content (AvgIpc) is 3.06. The molecule has 2 heterocycles. The van der Waals surface area contributed by atoms with Crippen LogP contribution in [0.4, 0.5) is 0 Å². The van der Waals surface area contributed by atoms with Gasteiger partial charge in [0.1, 0.15) is 0 Å². The Balaban J connectivity index is 0.00000338. The molecule has 2 N–H and O–H groups in total. The predicted octanol–water partition coefficient (Wildman–Crippen LogP) is 1.14. The normalized spacial score (nSPS) is 24.5. The van der Waals surface area contributed by atoms with Crippen molar-refractivity contribution in [2.24, 2.45) is 10.9 Å². The van der Waals surface area contributed by atoms with Crippen LogP contribution in [-0.2, 0) is 9.53 Å². The van der Waals surface area contributed by atoms with Crippen LogP contribution < -0.4 is 10.6 Å². The van der Waals surface area contributed by atoms with Crippen molar-refractivity contribution in [3.05, 3.63) is 0 Å². The molecule has 0 bridgehead atoms. The number of hydrogen-bond donors (Lipinski definition) is 2. The molecule has 0 radical (unpaired) electrons. The summed E-state index contributed by atoms with van der Waals surface area (Å²) < 4.78 is 5.88. The maximum absolute atomic E-state index is 11.8. The Morgan fingerprint density at radius 2 is 2.08 bits per heavy atom. The number of guanidine groups is 1. The third kappa shape index (κ3) is 7.56. The number of carbonyl (C=O) groups is 1. The van der Waals surface area contributed by atoms with E-state index >= 15 is 0 Å². The summed E-state index contributed by atoms with van der Waals surface area (Å²) in [6.45, 7) is 12.7. The van der Waals surface area contributed by atoms with E-state index in [0.29, 0.717) is 12.3 Å². The van der Waals surface area contributed by atoms with Gasteiger partial charge in [0.2, 0.25) is 5.91 Å². The van der Waals surface area contributed by atoms with E-state index in [0.717, 1.165) is 58.3 Å². The maximum atomic E-state index is 11.8. The number of aliphatic imine (C=N–C) groups is 1. The molecule has 2 unspecified atom stereocenters. The molecule has 0 aromatic rings. The third-order valence-corrected chi connectivity index (χ3v) is 4.75. The SMILES string of the molecule is CCC(=O)N1CCC(NC(=NC)NCC2CN(CC(C)C)CCO2)C1.I. The first-order valence-corrected chi connectivity index (χ1v) is 9.60. The van der Waals surface area contributed by atoms with Crippen LogP contribution >= 0.6 is 24.0 Å². The first kappa shape index (κ1) is 23.4. The lowest BCUT2D eigenvalue weighted by atomic mass is 10.2. The van der Waals surface area contributed by atoms with Gasteiger partial charge in [-0.05, 0) is 12.3 Å². The number of morpholine rings is 1. The second-order valence-electron chi connectivity index (χ2n) is 7.42. The lowest BCUT2D eigenvalue weighted by Gasteiger charge is -2.34. The standard InChI is InChI=1S/C18H35N5O2.HI/c1-5-17(24)23-7-6-15(12-23)21-18(19-4)20-10-16-13-22(8-9-25-16)11-14(2)3;/h14-16H,5-13H2,1-4H3,(H2,19,20,21);1H. The molecular weight excluding hydrogens is 445 g/mol. The molecule has 2 rings (SSSR count). The van der Waals surface area contributed by atoms with Crippen LogP contribution in [0.5, 0.6) is 0 Å². The van der Waals surface area contributed by atoms with Crippen molar-refractivity contribution in [3.63, 3.8) is 0 Å². The van der Waals surface area contributed by atoms with Gasteiger partial charge >= 0.3 is 0 Å². The van der Waals surface area contributed by atoms with E-state index in [2.05, 4.69) is 34.4 Å². The first-order chi connectivity index (χ1) is 12.0. The van der Waals surface area contributed by atoms with Crippen molar-refractivity contribution in [1.82, 2.24) is 20.4 Å². The molecule has 2 aliphatic rings. The first-order valence-electron chi connectivity index (χ1n) is 9.60. The van der Waals surface area contributed by atoms with E-state index in [1.165, 1.54) is 0 Å². The summed E-state index contributed by atoms with van der Waals surface area (Å²) in [5.41, 5.74) is 0. The highest BCUT2D eigenvalue weighted by Gasteiger charge is 2.26. The zero-order chi connectivity index (χ0) is 18.2. The molecule has 8 heteroatoms. The minimum Gasteiger partial charge on any atom is -0.374 e. The van der Waals surface area contributed by atoms with E-state index in [4.69, 9.17) is 4.74 Å². The molecule has 2 atom stereocenters. The van der Waals surface area contributed by atoms with E-state index in [-0.39, 0.29) is 42.0 Å². The van der Waals surface area contributed by atoms with Crippen molar-refractivity contribution in [2.75, 3.05) is 52.9 Å². The topological polar surface area (TPSA) is 69.2 Å². The van der Waals surface area contributed by atoms with Crippen LogP contribution in [0.2, 0.25) is 0 Å². The molecule has 0 aromatic heterocycles. The van der Waals surface area contributed by atoms with E-state index < -0.39 is 0 Å². The average molecular weight is 481 g/mol. The van der Waals surface area contributed by atoms with Crippen molar-refractivity contribution >= 4 is 35.8 Å². The fourth-order valence-electron chi connectivity index (χ4n) is 3.51. The highest BCUT2D eigenvalue weighted by Crippen LogP contribution is 2.11. The summed E-state index contributed by atoms with van der Waals surface area (Å²) in [4.78, 5) is 20.5. The Morgan fingerprint density at radius 3 is 2.73 bits per heavy atom. The maximum Gasteiger partial charge on any atom is 0.222 e. The van der Waals surface area contributed by atoms with Crippen molar-refractivity contribution in [3.8, 4) is 0 Å². The highest BCUT2D eigenvalue weighted by molar-refractivity contribution is 14.0. The van der Waals surface area contributed by atoms with Gasteiger partial charge in [-0.1, -0.05) is 20.8 Å². The smallest absolute Gasteiger partial charge is 0.222 e. The molecule has 0 aliphatic carbocycles. The Morgan fingerprint density at radius 1 is 1.31 bits per heavy atom. The van der Waals surface area contributed by atoms with Gasteiger partial charge < -0.3 is 20.3 Å². The summed E-state index contributed by atoms with van der Waals surface area (Å²) in [6.07, 6.45) is 1.73. The van der Waals surface area contributed by atoms with Crippen molar-refractivity contribution in [1.29, 1.82) is 0 Å². The number of halogens is 1. The molecular formula is C18H36IN5O2. The molecule has 2 aliphatic heterocycles. The van der Waals surface area contributed by atoms with Gasteiger partial charge in [0.05, 0.1) is 12.7 Å². The van der Waals surface area contributed by atoms with Gasteiger partial charge in [0.25, 0.3) is 0 Å². The van der Waals surface area contributed by atoms with Crippen molar-refractivity contribution < 1.29 is 9.53 Å². The van der Waals surface area contributed by atoms with Crippen LogP contribution in [0.3, 0.4) is 0 Å². The molecule has 0 aromatic carbocycles. The van der Waals surface area contributed by atoms with Crippen molar-refractivity contribution in [2.45, 2.75) is 45.8 Å². The molecule has 152 valence electrons. The number of nitrogens with one attached hydrogen (secondary N) is 2. The Hall–Kier alpha value is -0.610. The third-order valence-electron chi connectivity index (χ3n) is 4.75. The number of carbonyl (C=O) groups excluding carboxylic acids is 1. The second-order valence-corrected chi connectivity index (χ2v) is 7.42. The fraction of sp³-hybridized carbons (Fsp3) is 0.889. The van der Waals surface area contributed by atoms with E-state index in [1.807, 2.05) is 11.8 Å². The Kier molecular flexibility index (Phi) is 10.8. The van der Waals surface area contributed by atoms with Crippen LogP contribution in [0.1, 0.15) is 33.6 Å². The number of nitrogens with zero attached hydrogens (tertiary/aromatic N) is 3. The lowest BCUT2D eigenvalue weighted by Crippen LogP contribution is -2.51. The summed E-state index contributed by atoms with van der Waals surface area (Å²) >= 11 is 0. The van der Waals surface area contributed by atoms with Gasteiger partial charge in [0, 0.05) is 58.8 Å². The zero-order valence-electron chi connectivity index (χ0n) is 16.7. The molecule has 7 nitrogen and oxygen atoms in total. The zero-order valence-corrected chi connectivity index (χ0v) is 19.0. The molecule has 2 fully saturated rings. The van der Waals surface area contributed by atoms with Crippen LogP contribution in [0.25, 0.3) is 0 Å². The van der Waals surface area contributed by atoms with Crippen LogP contribution in [0, 0.1) is 5.92 Å². The fourth-order valence-corrected chi connectivity index (χ4v) is 3.51. The molecule has 26 heavy (non-hydrogen) atoms.